The molecule has 0 spiro atoms. The van der Waals surface area contributed by atoms with Crippen LogP contribution >= 0.6 is 0 Å². The first-order valence-electron chi connectivity index (χ1n) is 7.10. The molecule has 0 heterocycles. The van der Waals surface area contributed by atoms with Crippen LogP contribution in [0.3, 0.4) is 0 Å². The smallest absolute Gasteiger partial charge is 0.0405 e. The third kappa shape index (κ3) is 3.09. The Morgan fingerprint density at radius 2 is 1.14 bits per heavy atom. The molecule has 3 aromatic rings. The third-order valence-corrected chi connectivity index (χ3v) is 3.42. The zero-order valence-corrected chi connectivity index (χ0v) is 12.1. The van der Waals surface area contributed by atoms with E-state index in [2.05, 4.69) is 42.0 Å². The van der Waals surface area contributed by atoms with E-state index in [9.17, 15) is 0 Å². The van der Waals surface area contributed by atoms with Crippen molar-refractivity contribution >= 4 is 0 Å². The molecule has 0 heteroatoms. The van der Waals surface area contributed by atoms with E-state index in [0.29, 0.717) is 0 Å². The SMILES string of the molecule is C#Cc1ccccc1C#Cc1ccc(-c2ccccc2)cc1. The highest BCUT2D eigenvalue weighted by Crippen LogP contribution is 2.19. The lowest BCUT2D eigenvalue weighted by Crippen LogP contribution is -1.82. The fourth-order valence-electron chi connectivity index (χ4n) is 2.23. The average molecular weight is 278 g/mol. The van der Waals surface area contributed by atoms with Gasteiger partial charge in [0, 0.05) is 16.7 Å². The van der Waals surface area contributed by atoms with E-state index in [1.165, 1.54) is 11.1 Å². The maximum absolute atomic E-state index is 5.49. The minimum Gasteiger partial charge on any atom is -0.115 e. The van der Waals surface area contributed by atoms with Crippen LogP contribution in [0.15, 0.2) is 78.9 Å². The van der Waals surface area contributed by atoms with Crippen LogP contribution in [0.2, 0.25) is 0 Å². The first kappa shape index (κ1) is 13.7. The van der Waals surface area contributed by atoms with Gasteiger partial charge in [0.1, 0.15) is 0 Å². The Bertz CT molecular complexity index is 867. The predicted molar refractivity (Wildman–Crippen MR) is 92.2 cm³/mol. The molecule has 0 nitrogen and oxygen atoms in total. The lowest BCUT2D eigenvalue weighted by Gasteiger charge is -2.01. The third-order valence-electron chi connectivity index (χ3n) is 3.42. The fourth-order valence-corrected chi connectivity index (χ4v) is 2.23. The maximum Gasteiger partial charge on any atom is 0.0405 e. The van der Waals surface area contributed by atoms with Gasteiger partial charge in [0.05, 0.1) is 0 Å². The number of rotatable bonds is 1. The van der Waals surface area contributed by atoms with E-state index in [1.807, 2.05) is 54.6 Å². The predicted octanol–water partition coefficient (Wildman–Crippen LogP) is 4.73. The minimum absolute atomic E-state index is 0.830. The Hall–Kier alpha value is -3.22. The van der Waals surface area contributed by atoms with Crippen molar-refractivity contribution in [2.45, 2.75) is 0 Å². The summed E-state index contributed by atoms with van der Waals surface area (Å²) >= 11 is 0. The van der Waals surface area contributed by atoms with Gasteiger partial charge in [-0.2, -0.15) is 0 Å². The Labute approximate surface area is 131 Å². The van der Waals surface area contributed by atoms with Crippen molar-refractivity contribution in [2.75, 3.05) is 0 Å². The summed E-state index contributed by atoms with van der Waals surface area (Å²) in [4.78, 5) is 0. The van der Waals surface area contributed by atoms with Crippen molar-refractivity contribution in [1.29, 1.82) is 0 Å². The molecule has 0 aliphatic carbocycles. The average Bonchev–Trinajstić information content (AvgIpc) is 2.61. The zero-order valence-electron chi connectivity index (χ0n) is 12.1. The molecule has 0 unspecified atom stereocenters. The molecule has 102 valence electrons. The summed E-state index contributed by atoms with van der Waals surface area (Å²) in [5.74, 6) is 8.98. The number of benzene rings is 3. The lowest BCUT2D eigenvalue weighted by atomic mass is 10.0. The molecular formula is C22H14. The summed E-state index contributed by atoms with van der Waals surface area (Å²) in [6.07, 6.45) is 5.49. The summed E-state index contributed by atoms with van der Waals surface area (Å²) in [5.41, 5.74) is 5.09. The van der Waals surface area contributed by atoms with Crippen LogP contribution in [0, 0.1) is 24.2 Å². The van der Waals surface area contributed by atoms with Crippen LogP contribution in [0.5, 0.6) is 0 Å². The zero-order chi connectivity index (χ0) is 15.2. The van der Waals surface area contributed by atoms with E-state index < -0.39 is 0 Å². The van der Waals surface area contributed by atoms with Gasteiger partial charge in [-0.3, -0.25) is 0 Å². The summed E-state index contributed by atoms with van der Waals surface area (Å²) < 4.78 is 0. The Balaban J connectivity index is 1.86. The monoisotopic (exact) mass is 278 g/mol. The van der Waals surface area contributed by atoms with Gasteiger partial charge in [-0.05, 0) is 35.4 Å². The van der Waals surface area contributed by atoms with Crippen LogP contribution in [-0.2, 0) is 0 Å². The lowest BCUT2D eigenvalue weighted by molar-refractivity contribution is 1.57. The van der Waals surface area contributed by atoms with Crippen molar-refractivity contribution < 1.29 is 0 Å². The highest BCUT2D eigenvalue weighted by Gasteiger charge is 1.96. The maximum atomic E-state index is 5.49. The molecular weight excluding hydrogens is 264 g/mol. The van der Waals surface area contributed by atoms with Gasteiger partial charge in [-0.15, -0.1) is 6.42 Å². The Morgan fingerprint density at radius 3 is 1.82 bits per heavy atom. The van der Waals surface area contributed by atoms with Crippen LogP contribution in [-0.4, -0.2) is 0 Å². The molecule has 0 radical (unpaired) electrons. The van der Waals surface area contributed by atoms with Crippen molar-refractivity contribution in [3.8, 4) is 35.3 Å². The fraction of sp³-hybridized carbons (Fsp3) is 0. The first-order chi connectivity index (χ1) is 10.9. The van der Waals surface area contributed by atoms with E-state index in [1.54, 1.807) is 0 Å². The summed E-state index contributed by atoms with van der Waals surface area (Å²) in [5, 5.41) is 0. The molecule has 3 aromatic carbocycles. The standard InChI is InChI=1S/C22H14/c1-2-19-8-6-7-11-21(19)15-12-18-13-16-22(17-14-18)20-9-4-3-5-10-20/h1,3-11,13-14,16-17H. The molecule has 0 saturated heterocycles. The van der Waals surface area contributed by atoms with Gasteiger partial charge >= 0.3 is 0 Å². The molecule has 3 rings (SSSR count). The second-order valence-electron chi connectivity index (χ2n) is 4.88. The quantitative estimate of drug-likeness (QED) is 0.564. The molecule has 0 saturated carbocycles. The van der Waals surface area contributed by atoms with Crippen LogP contribution in [0.1, 0.15) is 16.7 Å². The van der Waals surface area contributed by atoms with Crippen molar-refractivity contribution in [3.63, 3.8) is 0 Å². The molecule has 22 heavy (non-hydrogen) atoms. The molecule has 0 aromatic heterocycles. The van der Waals surface area contributed by atoms with Crippen LogP contribution < -0.4 is 0 Å². The van der Waals surface area contributed by atoms with Gasteiger partial charge in [0.15, 0.2) is 0 Å². The van der Waals surface area contributed by atoms with Gasteiger partial charge in [-0.1, -0.05) is 72.4 Å². The highest BCUT2D eigenvalue weighted by molar-refractivity contribution is 5.64. The topological polar surface area (TPSA) is 0 Å². The Morgan fingerprint density at radius 1 is 0.545 bits per heavy atom. The number of hydrogen-bond donors (Lipinski definition) is 0. The van der Waals surface area contributed by atoms with Gasteiger partial charge in [-0.25, -0.2) is 0 Å². The van der Waals surface area contributed by atoms with Crippen molar-refractivity contribution in [3.05, 3.63) is 95.6 Å². The second-order valence-corrected chi connectivity index (χ2v) is 4.88. The summed E-state index contributed by atoms with van der Waals surface area (Å²) in [7, 11) is 0. The molecule has 0 aliphatic rings. The van der Waals surface area contributed by atoms with Crippen molar-refractivity contribution in [1.82, 2.24) is 0 Å². The van der Waals surface area contributed by atoms with E-state index in [4.69, 9.17) is 6.42 Å². The van der Waals surface area contributed by atoms with Crippen molar-refractivity contribution in [2.24, 2.45) is 0 Å². The van der Waals surface area contributed by atoms with E-state index in [-0.39, 0.29) is 0 Å². The number of hydrogen-bond acceptors (Lipinski definition) is 0. The molecule has 0 aliphatic heterocycles. The largest absolute Gasteiger partial charge is 0.115 e. The van der Waals surface area contributed by atoms with Crippen LogP contribution in [0.4, 0.5) is 0 Å². The Kier molecular flexibility index (Phi) is 4.05. The van der Waals surface area contributed by atoms with Gasteiger partial charge in [0.25, 0.3) is 0 Å². The van der Waals surface area contributed by atoms with E-state index in [0.717, 1.165) is 16.7 Å². The normalized spacial score (nSPS) is 9.41. The van der Waals surface area contributed by atoms with Gasteiger partial charge in [0.2, 0.25) is 0 Å². The molecule has 0 bridgehead atoms. The minimum atomic E-state index is 0.830. The van der Waals surface area contributed by atoms with E-state index >= 15 is 0 Å². The summed E-state index contributed by atoms with van der Waals surface area (Å²) in [6, 6.07) is 26.3. The van der Waals surface area contributed by atoms with Gasteiger partial charge < -0.3 is 0 Å². The molecule has 0 amide bonds. The summed E-state index contributed by atoms with van der Waals surface area (Å²) in [6.45, 7) is 0. The highest BCUT2D eigenvalue weighted by atomic mass is 14.0. The molecule has 0 atom stereocenters. The van der Waals surface area contributed by atoms with Crippen LogP contribution in [0.25, 0.3) is 11.1 Å². The first-order valence-corrected chi connectivity index (χ1v) is 7.10. The number of terminal acetylenes is 1. The molecule has 0 fully saturated rings. The molecule has 0 N–H and O–H groups in total. The second kappa shape index (κ2) is 6.49.